The fourth-order valence-corrected chi connectivity index (χ4v) is 0.312. The van der Waals surface area contributed by atoms with Crippen LogP contribution in [0.15, 0.2) is 12.2 Å². The molecule has 2 amide bonds. The van der Waals surface area contributed by atoms with E-state index in [1.807, 2.05) is 0 Å². The van der Waals surface area contributed by atoms with E-state index in [9.17, 15) is 14.4 Å². The van der Waals surface area contributed by atoms with Crippen molar-refractivity contribution in [3.05, 3.63) is 12.2 Å². The van der Waals surface area contributed by atoms with E-state index >= 15 is 0 Å². The zero-order chi connectivity index (χ0) is 8.85. The highest BCUT2D eigenvalue weighted by Gasteiger charge is 2.01. The molecule has 0 aromatic rings. The van der Waals surface area contributed by atoms with Gasteiger partial charge >= 0.3 is 5.97 Å². The highest BCUT2D eigenvalue weighted by Crippen LogP contribution is 1.81. The minimum absolute atomic E-state index is 0.300. The summed E-state index contributed by atoms with van der Waals surface area (Å²) in [6.45, 7) is 0. The maximum atomic E-state index is 10.6. The van der Waals surface area contributed by atoms with Crippen molar-refractivity contribution in [2.45, 2.75) is 0 Å². The smallest absolute Gasteiger partial charge is 0.328 e. The highest BCUT2D eigenvalue weighted by atomic mass is 16.4. The summed E-state index contributed by atoms with van der Waals surface area (Å²) in [5, 5.41) is 8.07. The number of hydrogen-bond acceptors (Lipinski definition) is 3. The molecule has 0 aromatic heterocycles. The Morgan fingerprint density at radius 3 is 2.27 bits per heavy atom. The molecule has 60 valence electrons. The number of carbonyl (C=O) groups is 3. The van der Waals surface area contributed by atoms with Gasteiger partial charge in [-0.2, -0.15) is 0 Å². The number of hydrogen-bond donors (Lipinski definition) is 1. The maximum absolute atomic E-state index is 10.6. The van der Waals surface area contributed by atoms with Crippen molar-refractivity contribution in [3.8, 4) is 0 Å². The van der Waals surface area contributed by atoms with Gasteiger partial charge in [0.25, 0.3) is 5.91 Å². The van der Waals surface area contributed by atoms with Gasteiger partial charge in [0.15, 0.2) is 0 Å². The highest BCUT2D eigenvalue weighted by molar-refractivity contribution is 5.98. The van der Waals surface area contributed by atoms with Crippen LogP contribution in [0.3, 0.4) is 0 Å². The third-order valence-electron chi connectivity index (χ3n) is 0.874. The van der Waals surface area contributed by atoms with Crippen LogP contribution >= 0.6 is 0 Å². The van der Waals surface area contributed by atoms with Gasteiger partial charge in [-0.1, -0.05) is 0 Å². The molecule has 0 heterocycles. The molecule has 0 bridgehead atoms. The molecule has 0 saturated heterocycles. The molecule has 1 N–H and O–H groups in total. The van der Waals surface area contributed by atoms with Gasteiger partial charge in [0.05, 0.1) is 0 Å². The standard InChI is InChI=1S/C6H7NO4/c1-7(4-8)5(9)2-3-6(10)11/h2-4H,1H3,(H,10,11)/b3-2-. The molecule has 0 aliphatic rings. The summed E-state index contributed by atoms with van der Waals surface area (Å²) < 4.78 is 0. The Balaban J connectivity index is 4.06. The Bertz CT molecular complexity index is 209. The van der Waals surface area contributed by atoms with E-state index in [4.69, 9.17) is 5.11 Å². The number of likely N-dealkylation sites (N-methyl/N-ethyl adjacent to an activating group) is 1. The molecule has 5 nitrogen and oxygen atoms in total. The quantitative estimate of drug-likeness (QED) is 0.431. The van der Waals surface area contributed by atoms with Crippen molar-refractivity contribution in [2.75, 3.05) is 7.05 Å². The molecule has 11 heavy (non-hydrogen) atoms. The first-order valence-corrected chi connectivity index (χ1v) is 2.71. The second-order valence-corrected chi connectivity index (χ2v) is 1.73. The summed E-state index contributed by atoms with van der Waals surface area (Å²) >= 11 is 0. The normalized spacial score (nSPS) is 9.55. The van der Waals surface area contributed by atoms with Crippen LogP contribution in [-0.4, -0.2) is 35.3 Å². The number of imide groups is 1. The number of carboxylic acids is 1. The SMILES string of the molecule is CN(C=O)C(=O)/C=C\C(=O)O. The van der Waals surface area contributed by atoms with Gasteiger partial charge in [-0.05, 0) is 0 Å². The monoisotopic (exact) mass is 157 g/mol. The molecular weight excluding hydrogens is 150 g/mol. The maximum Gasteiger partial charge on any atom is 0.328 e. The topological polar surface area (TPSA) is 74.7 Å². The lowest BCUT2D eigenvalue weighted by Gasteiger charge is -2.02. The van der Waals surface area contributed by atoms with Crippen molar-refractivity contribution in [1.29, 1.82) is 0 Å². The average Bonchev–Trinajstić information content (AvgIpc) is 1.98. The lowest BCUT2D eigenvalue weighted by Crippen LogP contribution is -2.22. The minimum Gasteiger partial charge on any atom is -0.478 e. The number of aliphatic carboxylic acids is 1. The van der Waals surface area contributed by atoms with Crippen molar-refractivity contribution in [3.63, 3.8) is 0 Å². The van der Waals surface area contributed by atoms with E-state index in [0.717, 1.165) is 11.0 Å². The predicted molar refractivity (Wildman–Crippen MR) is 35.6 cm³/mol. The molecular formula is C6H7NO4. The summed E-state index contributed by atoms with van der Waals surface area (Å²) in [5.41, 5.74) is 0. The summed E-state index contributed by atoms with van der Waals surface area (Å²) in [4.78, 5) is 31.1. The summed E-state index contributed by atoms with van der Waals surface area (Å²) in [5.74, 6) is -1.89. The van der Waals surface area contributed by atoms with Gasteiger partial charge in [-0.25, -0.2) is 4.79 Å². The van der Waals surface area contributed by atoms with E-state index in [1.54, 1.807) is 0 Å². The van der Waals surface area contributed by atoms with Crippen LogP contribution in [0.25, 0.3) is 0 Å². The fraction of sp³-hybridized carbons (Fsp3) is 0.167. The number of rotatable bonds is 3. The number of amides is 2. The van der Waals surface area contributed by atoms with Gasteiger partial charge in [0.2, 0.25) is 6.41 Å². The second kappa shape index (κ2) is 4.21. The van der Waals surface area contributed by atoms with E-state index in [0.29, 0.717) is 12.5 Å². The first-order valence-electron chi connectivity index (χ1n) is 2.71. The molecule has 0 saturated carbocycles. The van der Waals surface area contributed by atoms with Gasteiger partial charge in [0, 0.05) is 19.2 Å². The van der Waals surface area contributed by atoms with Gasteiger partial charge in [-0.3, -0.25) is 14.5 Å². The molecule has 0 rings (SSSR count). The third-order valence-corrected chi connectivity index (χ3v) is 0.874. The molecule has 5 heteroatoms. The zero-order valence-electron chi connectivity index (χ0n) is 5.85. The number of carbonyl (C=O) groups excluding carboxylic acids is 2. The van der Waals surface area contributed by atoms with Crippen molar-refractivity contribution in [2.24, 2.45) is 0 Å². The molecule has 0 atom stereocenters. The Hall–Kier alpha value is -1.65. The molecule has 0 aliphatic heterocycles. The first kappa shape index (κ1) is 9.35. The zero-order valence-corrected chi connectivity index (χ0v) is 5.85. The second-order valence-electron chi connectivity index (χ2n) is 1.73. The van der Waals surface area contributed by atoms with Crippen LogP contribution in [0.5, 0.6) is 0 Å². The average molecular weight is 157 g/mol. The van der Waals surface area contributed by atoms with E-state index in [2.05, 4.69) is 0 Å². The fourth-order valence-electron chi connectivity index (χ4n) is 0.312. The van der Waals surface area contributed by atoms with Crippen LogP contribution in [0.2, 0.25) is 0 Å². The predicted octanol–water partition coefficient (Wildman–Crippen LogP) is -0.758. The van der Waals surface area contributed by atoms with Gasteiger partial charge in [0.1, 0.15) is 0 Å². The molecule has 0 spiro atoms. The Labute approximate surface area is 62.9 Å². The van der Waals surface area contributed by atoms with E-state index in [-0.39, 0.29) is 0 Å². The van der Waals surface area contributed by atoms with Gasteiger partial charge < -0.3 is 5.11 Å². The molecule has 0 fully saturated rings. The van der Waals surface area contributed by atoms with Gasteiger partial charge in [-0.15, -0.1) is 0 Å². The summed E-state index contributed by atoms with van der Waals surface area (Å²) in [6.07, 6.45) is 1.77. The van der Waals surface area contributed by atoms with Crippen molar-refractivity contribution >= 4 is 18.3 Å². The van der Waals surface area contributed by atoms with E-state index in [1.165, 1.54) is 7.05 Å². The number of carboxylic acid groups (broad SMARTS) is 1. The minimum atomic E-state index is -1.22. The van der Waals surface area contributed by atoms with Crippen LogP contribution in [0.4, 0.5) is 0 Å². The van der Waals surface area contributed by atoms with Crippen LogP contribution in [0, 0.1) is 0 Å². The third kappa shape index (κ3) is 3.85. The Kier molecular flexibility index (Phi) is 3.58. The number of nitrogens with zero attached hydrogens (tertiary/aromatic N) is 1. The Morgan fingerprint density at radius 2 is 1.91 bits per heavy atom. The Morgan fingerprint density at radius 1 is 1.36 bits per heavy atom. The van der Waals surface area contributed by atoms with E-state index < -0.39 is 11.9 Å². The lowest BCUT2D eigenvalue weighted by molar-refractivity contribution is -0.134. The van der Waals surface area contributed by atoms with Crippen molar-refractivity contribution < 1.29 is 19.5 Å². The molecule has 0 aromatic carbocycles. The molecule has 0 radical (unpaired) electrons. The lowest BCUT2D eigenvalue weighted by atomic mass is 10.4. The van der Waals surface area contributed by atoms with Crippen LogP contribution in [-0.2, 0) is 14.4 Å². The molecule has 0 aliphatic carbocycles. The van der Waals surface area contributed by atoms with Crippen LogP contribution < -0.4 is 0 Å². The molecule has 0 unspecified atom stereocenters. The summed E-state index contributed by atoms with van der Waals surface area (Å²) in [7, 11) is 1.24. The van der Waals surface area contributed by atoms with Crippen molar-refractivity contribution in [1.82, 2.24) is 4.90 Å². The summed E-state index contributed by atoms with van der Waals surface area (Å²) in [6, 6.07) is 0. The van der Waals surface area contributed by atoms with Crippen LogP contribution in [0.1, 0.15) is 0 Å². The first-order chi connectivity index (χ1) is 5.07. The largest absolute Gasteiger partial charge is 0.478 e.